The number of hydrogen-bond acceptors (Lipinski definition) is 2. The van der Waals surface area contributed by atoms with Crippen LogP contribution in [0.4, 0.5) is 0 Å². The minimum atomic E-state index is -0.386. The molecule has 0 atom stereocenters. The summed E-state index contributed by atoms with van der Waals surface area (Å²) in [5.74, 6) is 0. The van der Waals surface area contributed by atoms with Crippen LogP contribution in [0.2, 0.25) is 0 Å². The summed E-state index contributed by atoms with van der Waals surface area (Å²) in [6.45, 7) is 0.831. The van der Waals surface area contributed by atoms with Crippen LogP contribution in [0.15, 0.2) is 0 Å². The predicted molar refractivity (Wildman–Crippen MR) is 58.3 cm³/mol. The zero-order valence-corrected chi connectivity index (χ0v) is 9.10. The fourth-order valence-corrected chi connectivity index (χ4v) is 2.36. The van der Waals surface area contributed by atoms with Crippen LogP contribution in [-0.4, -0.2) is 23.3 Å². The molecule has 0 spiro atoms. The second-order valence-corrected chi connectivity index (χ2v) is 5.15. The van der Waals surface area contributed by atoms with E-state index in [1.165, 1.54) is 44.9 Å². The Bertz CT molecular complexity index is 169. The Morgan fingerprint density at radius 3 is 2.14 bits per heavy atom. The molecule has 2 N–H and O–H groups in total. The topological polar surface area (TPSA) is 32.3 Å². The molecular weight excluding hydrogens is 174 g/mol. The van der Waals surface area contributed by atoms with Crippen LogP contribution in [0, 0.1) is 0 Å². The molecular formula is C12H23NO. The monoisotopic (exact) mass is 197 g/mol. The summed E-state index contributed by atoms with van der Waals surface area (Å²) in [5.41, 5.74) is -0.386. The van der Waals surface area contributed by atoms with Gasteiger partial charge in [-0.15, -0.1) is 0 Å². The van der Waals surface area contributed by atoms with Crippen molar-refractivity contribution >= 4 is 0 Å². The van der Waals surface area contributed by atoms with E-state index in [0.29, 0.717) is 0 Å². The second kappa shape index (κ2) is 4.63. The summed E-state index contributed by atoms with van der Waals surface area (Å²) in [7, 11) is 0. The highest BCUT2D eigenvalue weighted by molar-refractivity contribution is 4.88. The molecule has 2 aliphatic carbocycles. The molecule has 0 aliphatic heterocycles. The van der Waals surface area contributed by atoms with Gasteiger partial charge in [0.25, 0.3) is 0 Å². The molecule has 0 saturated heterocycles. The normalized spacial score (nSPS) is 28.1. The van der Waals surface area contributed by atoms with Gasteiger partial charge < -0.3 is 10.4 Å². The minimum Gasteiger partial charge on any atom is -0.389 e. The molecule has 0 unspecified atom stereocenters. The van der Waals surface area contributed by atoms with Crippen LogP contribution < -0.4 is 5.32 Å². The molecule has 2 saturated carbocycles. The van der Waals surface area contributed by atoms with Crippen molar-refractivity contribution in [2.45, 2.75) is 69.4 Å². The zero-order valence-electron chi connectivity index (χ0n) is 9.10. The van der Waals surface area contributed by atoms with Gasteiger partial charge in [0, 0.05) is 12.6 Å². The van der Waals surface area contributed by atoms with E-state index in [1.807, 2.05) is 0 Å². The molecule has 14 heavy (non-hydrogen) atoms. The maximum atomic E-state index is 10.4. The number of hydrogen-bond donors (Lipinski definition) is 2. The molecule has 0 bridgehead atoms. The van der Waals surface area contributed by atoms with E-state index in [-0.39, 0.29) is 5.60 Å². The van der Waals surface area contributed by atoms with Crippen LogP contribution in [0.25, 0.3) is 0 Å². The van der Waals surface area contributed by atoms with Crippen molar-refractivity contribution in [2.24, 2.45) is 0 Å². The Kier molecular flexibility index (Phi) is 3.45. The van der Waals surface area contributed by atoms with E-state index in [4.69, 9.17) is 0 Å². The highest BCUT2D eigenvalue weighted by Gasteiger charge is 2.30. The van der Waals surface area contributed by atoms with Gasteiger partial charge in [0.05, 0.1) is 5.60 Å². The number of nitrogens with one attached hydrogen (secondary N) is 1. The van der Waals surface area contributed by atoms with Gasteiger partial charge in [-0.3, -0.25) is 0 Å². The largest absolute Gasteiger partial charge is 0.389 e. The number of aliphatic hydroxyl groups is 1. The molecule has 2 rings (SSSR count). The molecule has 0 radical (unpaired) electrons. The van der Waals surface area contributed by atoms with E-state index in [1.54, 1.807) is 0 Å². The molecule has 2 fully saturated rings. The zero-order chi connectivity index (χ0) is 9.86. The molecule has 0 aromatic rings. The van der Waals surface area contributed by atoms with Crippen molar-refractivity contribution in [3.05, 3.63) is 0 Å². The lowest BCUT2D eigenvalue weighted by Gasteiger charge is -2.30. The summed E-state index contributed by atoms with van der Waals surface area (Å²) in [4.78, 5) is 0. The highest BCUT2D eigenvalue weighted by atomic mass is 16.3. The lowest BCUT2D eigenvalue weighted by Crippen LogP contribution is -2.41. The molecule has 0 aromatic carbocycles. The lowest BCUT2D eigenvalue weighted by molar-refractivity contribution is 0.0144. The molecule has 0 heterocycles. The third-order valence-corrected chi connectivity index (χ3v) is 3.58. The average molecular weight is 197 g/mol. The SMILES string of the molecule is OC1(CNC2CC2)CCCCCCC1. The van der Waals surface area contributed by atoms with E-state index < -0.39 is 0 Å². The molecule has 2 heteroatoms. The fourth-order valence-electron chi connectivity index (χ4n) is 2.36. The number of rotatable bonds is 3. The smallest absolute Gasteiger partial charge is 0.0771 e. The first-order valence-electron chi connectivity index (χ1n) is 6.24. The summed E-state index contributed by atoms with van der Waals surface area (Å²) < 4.78 is 0. The first-order valence-corrected chi connectivity index (χ1v) is 6.24. The fraction of sp³-hybridized carbons (Fsp3) is 1.00. The molecule has 82 valence electrons. The standard InChI is InChI=1S/C12H23NO/c14-12(10-13-11-6-7-11)8-4-2-1-3-5-9-12/h11,13-14H,1-10H2. The molecule has 2 aliphatic rings. The highest BCUT2D eigenvalue weighted by Crippen LogP contribution is 2.27. The molecule has 0 aromatic heterocycles. The summed E-state index contributed by atoms with van der Waals surface area (Å²) in [6.07, 6.45) is 11.1. The van der Waals surface area contributed by atoms with Crippen LogP contribution >= 0.6 is 0 Å². The Morgan fingerprint density at radius 1 is 1.00 bits per heavy atom. The van der Waals surface area contributed by atoms with Gasteiger partial charge in [-0.05, 0) is 25.7 Å². The third-order valence-electron chi connectivity index (χ3n) is 3.58. The summed E-state index contributed by atoms with van der Waals surface area (Å²) in [5, 5.41) is 13.9. The van der Waals surface area contributed by atoms with Crippen molar-refractivity contribution in [1.82, 2.24) is 5.32 Å². The summed E-state index contributed by atoms with van der Waals surface area (Å²) >= 11 is 0. The van der Waals surface area contributed by atoms with Gasteiger partial charge >= 0.3 is 0 Å². The van der Waals surface area contributed by atoms with Gasteiger partial charge in [0.2, 0.25) is 0 Å². The first kappa shape index (κ1) is 10.4. The molecule has 0 amide bonds. The van der Waals surface area contributed by atoms with Crippen LogP contribution in [0.1, 0.15) is 57.8 Å². The van der Waals surface area contributed by atoms with E-state index in [2.05, 4.69) is 5.32 Å². The van der Waals surface area contributed by atoms with Crippen LogP contribution in [-0.2, 0) is 0 Å². The Hall–Kier alpha value is -0.0800. The van der Waals surface area contributed by atoms with Crippen LogP contribution in [0.5, 0.6) is 0 Å². The quantitative estimate of drug-likeness (QED) is 0.727. The third kappa shape index (κ3) is 3.25. The van der Waals surface area contributed by atoms with Crippen LogP contribution in [0.3, 0.4) is 0 Å². The Balaban J connectivity index is 1.76. The Morgan fingerprint density at radius 2 is 1.57 bits per heavy atom. The van der Waals surface area contributed by atoms with Crippen molar-refractivity contribution < 1.29 is 5.11 Å². The van der Waals surface area contributed by atoms with Crippen molar-refractivity contribution in [1.29, 1.82) is 0 Å². The van der Waals surface area contributed by atoms with Gasteiger partial charge in [0.1, 0.15) is 0 Å². The maximum absolute atomic E-state index is 10.4. The van der Waals surface area contributed by atoms with Crippen molar-refractivity contribution in [3.63, 3.8) is 0 Å². The Labute approximate surface area is 87.1 Å². The van der Waals surface area contributed by atoms with E-state index in [0.717, 1.165) is 25.4 Å². The minimum absolute atomic E-state index is 0.386. The molecule has 2 nitrogen and oxygen atoms in total. The lowest BCUT2D eigenvalue weighted by atomic mass is 9.87. The average Bonchev–Trinajstić information content (AvgIpc) is 2.93. The van der Waals surface area contributed by atoms with E-state index >= 15 is 0 Å². The van der Waals surface area contributed by atoms with Gasteiger partial charge in [-0.2, -0.15) is 0 Å². The van der Waals surface area contributed by atoms with Gasteiger partial charge in [0.15, 0.2) is 0 Å². The van der Waals surface area contributed by atoms with E-state index in [9.17, 15) is 5.11 Å². The summed E-state index contributed by atoms with van der Waals surface area (Å²) in [6, 6.07) is 0.726. The van der Waals surface area contributed by atoms with Crippen molar-refractivity contribution in [3.8, 4) is 0 Å². The first-order chi connectivity index (χ1) is 6.79. The van der Waals surface area contributed by atoms with Gasteiger partial charge in [-0.25, -0.2) is 0 Å². The van der Waals surface area contributed by atoms with Crippen molar-refractivity contribution in [2.75, 3.05) is 6.54 Å². The van der Waals surface area contributed by atoms with Gasteiger partial charge in [-0.1, -0.05) is 32.1 Å². The second-order valence-electron chi connectivity index (χ2n) is 5.15. The predicted octanol–water partition coefficient (Wildman–Crippen LogP) is 2.21. The maximum Gasteiger partial charge on any atom is 0.0771 e.